The number of carbonyl (C=O) groups is 1. The molecule has 1 heterocycles. The third kappa shape index (κ3) is 4.45. The summed E-state index contributed by atoms with van der Waals surface area (Å²) in [5.74, 6) is 5.70. The first-order valence-corrected chi connectivity index (χ1v) is 7.69. The van der Waals surface area contributed by atoms with Crippen molar-refractivity contribution in [3.8, 4) is 11.8 Å². The van der Waals surface area contributed by atoms with Crippen LogP contribution >= 0.6 is 11.3 Å². The number of aryl methyl sites for hydroxylation is 1. The Morgan fingerprint density at radius 1 is 1.38 bits per heavy atom. The van der Waals surface area contributed by atoms with Crippen LogP contribution in [0.25, 0.3) is 0 Å². The van der Waals surface area contributed by atoms with Gasteiger partial charge in [0, 0.05) is 22.5 Å². The van der Waals surface area contributed by atoms with Crippen molar-refractivity contribution in [3.05, 3.63) is 57.3 Å². The maximum absolute atomic E-state index is 12.2. The molecular weight excluding hydrogens is 280 g/mol. The number of rotatable bonds is 4. The first kappa shape index (κ1) is 15.3. The average Bonchev–Trinajstić information content (AvgIpc) is 2.99. The van der Waals surface area contributed by atoms with Gasteiger partial charge in [-0.3, -0.25) is 4.79 Å². The lowest BCUT2D eigenvalue weighted by Gasteiger charge is -2.07. The molecule has 2 rings (SSSR count). The Bertz CT molecular complexity index is 666. The molecular formula is C17H18N2OS. The van der Waals surface area contributed by atoms with Crippen molar-refractivity contribution in [1.82, 2.24) is 5.32 Å². The summed E-state index contributed by atoms with van der Waals surface area (Å²) in [5, 5.41) is 5.00. The highest BCUT2D eigenvalue weighted by Crippen LogP contribution is 2.11. The fraction of sp³-hybridized carbons (Fsp3) is 0.235. The number of carbonyl (C=O) groups excluding carboxylic acids is 1. The van der Waals surface area contributed by atoms with Crippen molar-refractivity contribution in [2.24, 2.45) is 5.73 Å². The standard InChI is InChI=1S/C17H18N2OS/c1-13-6-7-14(4-2-9-18)12-16(13)17(20)19-10-8-15-5-3-11-21-15/h3,5-7,11-12H,8-10,18H2,1H3,(H,19,20). The van der Waals surface area contributed by atoms with E-state index in [0.29, 0.717) is 18.7 Å². The summed E-state index contributed by atoms with van der Waals surface area (Å²) >= 11 is 1.70. The third-order valence-corrected chi connectivity index (χ3v) is 3.99. The molecule has 1 aromatic carbocycles. The van der Waals surface area contributed by atoms with Crippen LogP contribution in [0, 0.1) is 18.8 Å². The molecule has 1 amide bonds. The Hall–Kier alpha value is -2.09. The van der Waals surface area contributed by atoms with E-state index in [1.807, 2.05) is 36.6 Å². The highest BCUT2D eigenvalue weighted by atomic mass is 32.1. The second kappa shape index (κ2) is 7.63. The van der Waals surface area contributed by atoms with Crippen LogP contribution in [0.2, 0.25) is 0 Å². The molecule has 21 heavy (non-hydrogen) atoms. The summed E-state index contributed by atoms with van der Waals surface area (Å²) in [6, 6.07) is 9.73. The fourth-order valence-corrected chi connectivity index (χ4v) is 2.66. The van der Waals surface area contributed by atoms with E-state index in [9.17, 15) is 4.79 Å². The number of thiophene rings is 1. The number of nitrogens with two attached hydrogens (primary N) is 1. The molecule has 0 atom stereocenters. The Morgan fingerprint density at radius 3 is 2.95 bits per heavy atom. The van der Waals surface area contributed by atoms with Crippen molar-refractivity contribution in [2.75, 3.05) is 13.1 Å². The van der Waals surface area contributed by atoms with E-state index in [1.165, 1.54) is 4.88 Å². The van der Waals surface area contributed by atoms with Crippen molar-refractivity contribution in [2.45, 2.75) is 13.3 Å². The number of amides is 1. The molecule has 1 aromatic heterocycles. The average molecular weight is 298 g/mol. The van der Waals surface area contributed by atoms with Gasteiger partial charge in [-0.15, -0.1) is 11.3 Å². The van der Waals surface area contributed by atoms with Crippen LogP contribution < -0.4 is 11.1 Å². The van der Waals surface area contributed by atoms with Gasteiger partial charge in [0.15, 0.2) is 0 Å². The first-order valence-electron chi connectivity index (χ1n) is 6.81. The summed E-state index contributed by atoms with van der Waals surface area (Å²) in [7, 11) is 0. The second-order valence-corrected chi connectivity index (χ2v) is 5.65. The molecule has 2 aromatic rings. The molecule has 0 radical (unpaired) electrons. The molecule has 0 saturated carbocycles. The first-order chi connectivity index (χ1) is 10.2. The van der Waals surface area contributed by atoms with Crippen LogP contribution in [-0.2, 0) is 6.42 Å². The number of hydrogen-bond donors (Lipinski definition) is 2. The minimum Gasteiger partial charge on any atom is -0.352 e. The molecule has 4 heteroatoms. The van der Waals surface area contributed by atoms with Crippen molar-refractivity contribution >= 4 is 17.2 Å². The van der Waals surface area contributed by atoms with Gasteiger partial charge in [0.05, 0.1) is 6.54 Å². The predicted octanol–water partition coefficient (Wildman–Crippen LogP) is 2.34. The minimum absolute atomic E-state index is 0.0551. The predicted molar refractivity (Wildman–Crippen MR) is 87.5 cm³/mol. The summed E-state index contributed by atoms with van der Waals surface area (Å²) in [5.41, 5.74) is 7.80. The summed E-state index contributed by atoms with van der Waals surface area (Å²) in [4.78, 5) is 13.5. The zero-order valence-electron chi connectivity index (χ0n) is 12.0. The van der Waals surface area contributed by atoms with Gasteiger partial charge in [0.25, 0.3) is 5.91 Å². The number of nitrogens with one attached hydrogen (secondary N) is 1. The van der Waals surface area contributed by atoms with Crippen molar-refractivity contribution in [3.63, 3.8) is 0 Å². The largest absolute Gasteiger partial charge is 0.352 e. The molecule has 0 saturated heterocycles. The summed E-state index contributed by atoms with van der Waals surface area (Å²) < 4.78 is 0. The van der Waals surface area contributed by atoms with Gasteiger partial charge in [0.2, 0.25) is 0 Å². The van der Waals surface area contributed by atoms with Gasteiger partial charge in [-0.25, -0.2) is 0 Å². The molecule has 108 valence electrons. The van der Waals surface area contributed by atoms with E-state index in [4.69, 9.17) is 5.73 Å². The topological polar surface area (TPSA) is 55.1 Å². The monoisotopic (exact) mass is 298 g/mol. The SMILES string of the molecule is Cc1ccc(C#CCN)cc1C(=O)NCCc1cccs1. The second-order valence-electron chi connectivity index (χ2n) is 4.62. The lowest BCUT2D eigenvalue weighted by atomic mass is 10.0. The molecule has 0 aliphatic carbocycles. The van der Waals surface area contributed by atoms with Crippen molar-refractivity contribution in [1.29, 1.82) is 0 Å². The normalized spacial score (nSPS) is 9.81. The smallest absolute Gasteiger partial charge is 0.251 e. The highest BCUT2D eigenvalue weighted by Gasteiger charge is 2.09. The maximum Gasteiger partial charge on any atom is 0.251 e. The van der Waals surface area contributed by atoms with Crippen LogP contribution in [0.4, 0.5) is 0 Å². The lowest BCUT2D eigenvalue weighted by Crippen LogP contribution is -2.26. The quantitative estimate of drug-likeness (QED) is 0.851. The van der Waals surface area contributed by atoms with Crippen LogP contribution in [0.5, 0.6) is 0 Å². The van der Waals surface area contributed by atoms with Crippen LogP contribution in [0.15, 0.2) is 35.7 Å². The van der Waals surface area contributed by atoms with E-state index in [2.05, 4.69) is 23.2 Å². The minimum atomic E-state index is -0.0551. The molecule has 0 unspecified atom stereocenters. The van der Waals surface area contributed by atoms with E-state index >= 15 is 0 Å². The third-order valence-electron chi connectivity index (χ3n) is 3.05. The van der Waals surface area contributed by atoms with Crippen molar-refractivity contribution < 1.29 is 4.79 Å². The van der Waals surface area contributed by atoms with Crippen LogP contribution in [-0.4, -0.2) is 19.0 Å². The molecule has 0 bridgehead atoms. The fourth-order valence-electron chi connectivity index (χ4n) is 1.95. The Labute approximate surface area is 129 Å². The maximum atomic E-state index is 12.2. The van der Waals surface area contributed by atoms with E-state index in [1.54, 1.807) is 11.3 Å². The molecule has 0 spiro atoms. The molecule has 0 aliphatic rings. The Kier molecular flexibility index (Phi) is 5.56. The van der Waals surface area contributed by atoms with Gasteiger partial charge >= 0.3 is 0 Å². The van der Waals surface area contributed by atoms with E-state index in [-0.39, 0.29) is 5.91 Å². The zero-order chi connectivity index (χ0) is 15.1. The zero-order valence-corrected chi connectivity index (χ0v) is 12.8. The Morgan fingerprint density at radius 2 is 2.24 bits per heavy atom. The number of hydrogen-bond acceptors (Lipinski definition) is 3. The molecule has 0 fully saturated rings. The summed E-state index contributed by atoms with van der Waals surface area (Å²) in [6.07, 6.45) is 0.856. The van der Waals surface area contributed by atoms with Crippen LogP contribution in [0.1, 0.15) is 26.4 Å². The van der Waals surface area contributed by atoms with Gasteiger partial charge in [-0.05, 0) is 42.5 Å². The molecule has 0 aliphatic heterocycles. The highest BCUT2D eigenvalue weighted by molar-refractivity contribution is 7.09. The molecule has 3 nitrogen and oxygen atoms in total. The van der Waals surface area contributed by atoms with Gasteiger partial charge in [-0.2, -0.15) is 0 Å². The van der Waals surface area contributed by atoms with E-state index < -0.39 is 0 Å². The Balaban J connectivity index is 2.00. The van der Waals surface area contributed by atoms with Gasteiger partial charge < -0.3 is 11.1 Å². The lowest BCUT2D eigenvalue weighted by molar-refractivity contribution is 0.0953. The molecule has 3 N–H and O–H groups in total. The van der Waals surface area contributed by atoms with Gasteiger partial charge in [0.1, 0.15) is 0 Å². The van der Waals surface area contributed by atoms with E-state index in [0.717, 1.165) is 17.5 Å². The van der Waals surface area contributed by atoms with Gasteiger partial charge in [-0.1, -0.05) is 24.0 Å². The number of benzene rings is 1. The van der Waals surface area contributed by atoms with Crippen LogP contribution in [0.3, 0.4) is 0 Å². The summed E-state index contributed by atoms with van der Waals surface area (Å²) in [6.45, 7) is 2.88.